The van der Waals surface area contributed by atoms with E-state index in [1.54, 1.807) is 0 Å². The number of hydrogen-bond acceptors (Lipinski definition) is 3. The van der Waals surface area contributed by atoms with Gasteiger partial charge in [-0.25, -0.2) is 0 Å². The van der Waals surface area contributed by atoms with Gasteiger partial charge in [-0.3, -0.25) is 14.8 Å². The lowest BCUT2D eigenvalue weighted by Crippen LogP contribution is -2.37. The lowest BCUT2D eigenvalue weighted by Gasteiger charge is -2.16. The molecule has 5 nitrogen and oxygen atoms in total. The Morgan fingerprint density at radius 3 is 2.63 bits per heavy atom. The summed E-state index contributed by atoms with van der Waals surface area (Å²) in [4.78, 5) is 11.2. The van der Waals surface area contributed by atoms with Crippen LogP contribution in [0.2, 0.25) is 0 Å². The first kappa shape index (κ1) is 15.7. The van der Waals surface area contributed by atoms with E-state index in [4.69, 9.17) is 0 Å². The molecule has 0 aromatic carbocycles. The fourth-order valence-corrected chi connectivity index (χ4v) is 2.07. The van der Waals surface area contributed by atoms with Crippen LogP contribution in [0.3, 0.4) is 0 Å². The standard InChI is InChI=1S/C14H25N3O2/c1-5-11-8-12(17(6-2)16-11)9-15-13(14(18)19)7-10(3)4/h8,10,13,15H,5-7,9H2,1-4H3,(H,18,19). The summed E-state index contributed by atoms with van der Waals surface area (Å²) in [5.41, 5.74) is 2.10. The van der Waals surface area contributed by atoms with E-state index >= 15 is 0 Å². The Balaban J connectivity index is 2.67. The fraction of sp³-hybridized carbons (Fsp3) is 0.714. The van der Waals surface area contributed by atoms with Crippen LogP contribution in [0.15, 0.2) is 6.07 Å². The van der Waals surface area contributed by atoms with Crippen molar-refractivity contribution < 1.29 is 9.90 Å². The Hall–Kier alpha value is -1.36. The average Bonchev–Trinajstić information content (AvgIpc) is 2.76. The number of carbonyl (C=O) groups is 1. The molecule has 0 amide bonds. The van der Waals surface area contributed by atoms with Crippen LogP contribution in [0.5, 0.6) is 0 Å². The van der Waals surface area contributed by atoms with Crippen molar-refractivity contribution >= 4 is 5.97 Å². The molecule has 0 saturated carbocycles. The smallest absolute Gasteiger partial charge is 0.320 e. The van der Waals surface area contributed by atoms with Crippen molar-refractivity contribution in [3.05, 3.63) is 17.5 Å². The van der Waals surface area contributed by atoms with E-state index in [0.29, 0.717) is 18.9 Å². The fourth-order valence-electron chi connectivity index (χ4n) is 2.07. The summed E-state index contributed by atoms with van der Waals surface area (Å²) >= 11 is 0. The summed E-state index contributed by atoms with van der Waals surface area (Å²) in [7, 11) is 0. The van der Waals surface area contributed by atoms with Crippen molar-refractivity contribution in [1.82, 2.24) is 15.1 Å². The van der Waals surface area contributed by atoms with Crippen LogP contribution in [0.4, 0.5) is 0 Å². The first-order valence-electron chi connectivity index (χ1n) is 6.99. The third-order valence-corrected chi connectivity index (χ3v) is 3.11. The summed E-state index contributed by atoms with van der Waals surface area (Å²) in [6, 6.07) is 1.55. The van der Waals surface area contributed by atoms with Crippen LogP contribution in [0, 0.1) is 5.92 Å². The van der Waals surface area contributed by atoms with Gasteiger partial charge in [0.25, 0.3) is 0 Å². The monoisotopic (exact) mass is 267 g/mol. The van der Waals surface area contributed by atoms with Crippen molar-refractivity contribution in [3.8, 4) is 0 Å². The number of aliphatic carboxylic acids is 1. The molecule has 0 saturated heterocycles. The maximum atomic E-state index is 11.2. The molecule has 1 heterocycles. The predicted octanol–water partition coefficient (Wildman–Crippen LogP) is 2.05. The van der Waals surface area contributed by atoms with E-state index < -0.39 is 12.0 Å². The molecule has 0 aliphatic carbocycles. The second kappa shape index (κ2) is 7.28. The summed E-state index contributed by atoms with van der Waals surface area (Å²) in [5, 5.41) is 16.8. The Kier molecular flexibility index (Phi) is 6.02. The molecular weight excluding hydrogens is 242 g/mol. The number of carboxylic acid groups (broad SMARTS) is 1. The van der Waals surface area contributed by atoms with E-state index in [9.17, 15) is 9.90 Å². The summed E-state index contributed by atoms with van der Waals surface area (Å²) in [6.45, 7) is 9.52. The second-order valence-corrected chi connectivity index (χ2v) is 5.20. The molecule has 2 N–H and O–H groups in total. The van der Waals surface area contributed by atoms with Gasteiger partial charge in [0.05, 0.1) is 11.4 Å². The molecule has 0 radical (unpaired) electrons. The molecule has 0 spiro atoms. The average molecular weight is 267 g/mol. The van der Waals surface area contributed by atoms with Crippen LogP contribution >= 0.6 is 0 Å². The van der Waals surface area contributed by atoms with Gasteiger partial charge in [-0.05, 0) is 31.7 Å². The molecule has 1 unspecified atom stereocenters. The zero-order valence-electron chi connectivity index (χ0n) is 12.3. The maximum Gasteiger partial charge on any atom is 0.320 e. The Morgan fingerprint density at radius 2 is 2.16 bits per heavy atom. The van der Waals surface area contributed by atoms with Crippen molar-refractivity contribution in [3.63, 3.8) is 0 Å². The highest BCUT2D eigenvalue weighted by Crippen LogP contribution is 2.09. The van der Waals surface area contributed by atoms with Crippen LogP contribution in [0.25, 0.3) is 0 Å². The SMILES string of the molecule is CCc1cc(CNC(CC(C)C)C(=O)O)n(CC)n1. The van der Waals surface area contributed by atoms with Gasteiger partial charge < -0.3 is 5.11 Å². The van der Waals surface area contributed by atoms with Crippen LogP contribution in [-0.4, -0.2) is 26.9 Å². The van der Waals surface area contributed by atoms with Crippen molar-refractivity contribution in [2.24, 2.45) is 5.92 Å². The van der Waals surface area contributed by atoms with Gasteiger partial charge in [0.15, 0.2) is 0 Å². The minimum absolute atomic E-state index is 0.357. The largest absolute Gasteiger partial charge is 0.480 e. The molecule has 1 atom stereocenters. The zero-order chi connectivity index (χ0) is 14.4. The van der Waals surface area contributed by atoms with Crippen LogP contribution in [0.1, 0.15) is 45.5 Å². The van der Waals surface area contributed by atoms with E-state index in [0.717, 1.165) is 24.4 Å². The normalized spacial score (nSPS) is 12.9. The topological polar surface area (TPSA) is 67.2 Å². The molecule has 0 aliphatic heterocycles. The number of carboxylic acids is 1. The highest BCUT2D eigenvalue weighted by Gasteiger charge is 2.18. The van der Waals surface area contributed by atoms with Gasteiger partial charge in [-0.15, -0.1) is 0 Å². The molecule has 0 fully saturated rings. The third-order valence-electron chi connectivity index (χ3n) is 3.11. The Bertz CT molecular complexity index is 413. The molecule has 1 rings (SSSR count). The Morgan fingerprint density at radius 1 is 1.47 bits per heavy atom. The molecule has 108 valence electrons. The van der Waals surface area contributed by atoms with E-state index in [2.05, 4.69) is 17.3 Å². The van der Waals surface area contributed by atoms with Gasteiger partial charge in [0.1, 0.15) is 6.04 Å². The van der Waals surface area contributed by atoms with Crippen molar-refractivity contribution in [2.45, 2.75) is 59.7 Å². The van der Waals surface area contributed by atoms with E-state index in [-0.39, 0.29) is 0 Å². The van der Waals surface area contributed by atoms with E-state index in [1.165, 1.54) is 0 Å². The summed E-state index contributed by atoms with van der Waals surface area (Å²) < 4.78 is 1.93. The second-order valence-electron chi connectivity index (χ2n) is 5.20. The van der Waals surface area contributed by atoms with Crippen molar-refractivity contribution in [2.75, 3.05) is 0 Å². The molecule has 5 heteroatoms. The number of nitrogens with zero attached hydrogens (tertiary/aromatic N) is 2. The van der Waals surface area contributed by atoms with E-state index in [1.807, 2.05) is 31.5 Å². The Labute approximate surface area is 115 Å². The molecule has 0 aliphatic rings. The quantitative estimate of drug-likeness (QED) is 0.756. The van der Waals surface area contributed by atoms with Gasteiger partial charge in [-0.1, -0.05) is 20.8 Å². The van der Waals surface area contributed by atoms with Gasteiger partial charge in [0.2, 0.25) is 0 Å². The predicted molar refractivity (Wildman–Crippen MR) is 75.0 cm³/mol. The molecule has 0 bridgehead atoms. The lowest BCUT2D eigenvalue weighted by molar-refractivity contribution is -0.140. The minimum Gasteiger partial charge on any atom is -0.480 e. The molecular formula is C14H25N3O2. The van der Waals surface area contributed by atoms with Crippen LogP contribution in [-0.2, 0) is 24.3 Å². The molecule has 19 heavy (non-hydrogen) atoms. The first-order valence-corrected chi connectivity index (χ1v) is 6.99. The number of nitrogens with one attached hydrogen (secondary N) is 1. The van der Waals surface area contributed by atoms with Gasteiger partial charge >= 0.3 is 5.97 Å². The number of rotatable bonds is 8. The van der Waals surface area contributed by atoms with Crippen LogP contribution < -0.4 is 5.32 Å². The summed E-state index contributed by atoms with van der Waals surface area (Å²) in [5.74, 6) is -0.428. The number of aromatic nitrogens is 2. The summed E-state index contributed by atoms with van der Waals surface area (Å²) in [6.07, 6.45) is 1.53. The third kappa shape index (κ3) is 4.67. The molecule has 1 aromatic rings. The van der Waals surface area contributed by atoms with Gasteiger partial charge in [0, 0.05) is 13.1 Å². The lowest BCUT2D eigenvalue weighted by atomic mass is 10.0. The minimum atomic E-state index is -0.785. The highest BCUT2D eigenvalue weighted by molar-refractivity contribution is 5.73. The maximum absolute atomic E-state index is 11.2. The van der Waals surface area contributed by atoms with Gasteiger partial charge in [-0.2, -0.15) is 5.10 Å². The first-order chi connectivity index (χ1) is 8.97. The molecule has 1 aromatic heterocycles. The zero-order valence-corrected chi connectivity index (χ0v) is 12.3. The number of hydrogen-bond donors (Lipinski definition) is 2. The number of aryl methyl sites for hydroxylation is 2. The highest BCUT2D eigenvalue weighted by atomic mass is 16.4. The van der Waals surface area contributed by atoms with Crippen molar-refractivity contribution in [1.29, 1.82) is 0 Å².